The summed E-state index contributed by atoms with van der Waals surface area (Å²) in [6, 6.07) is 2.01. The highest BCUT2D eigenvalue weighted by molar-refractivity contribution is 7.14. The van der Waals surface area contributed by atoms with Gasteiger partial charge in [-0.2, -0.15) is 0 Å². The Balaban J connectivity index is 1.91. The van der Waals surface area contributed by atoms with Crippen molar-refractivity contribution in [2.75, 3.05) is 26.3 Å². The van der Waals surface area contributed by atoms with E-state index in [1.807, 2.05) is 11.0 Å². The van der Waals surface area contributed by atoms with E-state index in [1.165, 1.54) is 10.4 Å². The number of rotatable bonds is 5. The van der Waals surface area contributed by atoms with Gasteiger partial charge in [-0.25, -0.2) is 0 Å². The van der Waals surface area contributed by atoms with Gasteiger partial charge in [-0.3, -0.25) is 4.79 Å². The van der Waals surface area contributed by atoms with Crippen molar-refractivity contribution in [1.29, 1.82) is 0 Å². The molecule has 1 N–H and O–H groups in total. The molecule has 20 heavy (non-hydrogen) atoms. The van der Waals surface area contributed by atoms with Gasteiger partial charge in [0.1, 0.15) is 0 Å². The van der Waals surface area contributed by atoms with Crippen LogP contribution in [-0.4, -0.2) is 48.3 Å². The van der Waals surface area contributed by atoms with Crippen molar-refractivity contribution in [3.63, 3.8) is 0 Å². The third-order valence-electron chi connectivity index (χ3n) is 3.73. The van der Waals surface area contributed by atoms with Crippen LogP contribution >= 0.6 is 11.3 Å². The van der Waals surface area contributed by atoms with Gasteiger partial charge in [-0.05, 0) is 37.8 Å². The van der Waals surface area contributed by atoms with Crippen LogP contribution in [0.5, 0.6) is 0 Å². The van der Waals surface area contributed by atoms with E-state index in [2.05, 4.69) is 13.8 Å². The Morgan fingerprint density at radius 1 is 1.50 bits per heavy atom. The van der Waals surface area contributed by atoms with Gasteiger partial charge in [-0.15, -0.1) is 11.3 Å². The van der Waals surface area contributed by atoms with Gasteiger partial charge in [0.15, 0.2) is 0 Å². The van der Waals surface area contributed by atoms with Crippen molar-refractivity contribution >= 4 is 17.2 Å². The summed E-state index contributed by atoms with van der Waals surface area (Å²) in [5.74, 6) is 0.151. The largest absolute Gasteiger partial charge is 0.394 e. The average molecular weight is 297 g/mol. The van der Waals surface area contributed by atoms with Crippen molar-refractivity contribution in [3.05, 3.63) is 21.4 Å². The maximum Gasteiger partial charge on any atom is 0.263 e. The lowest BCUT2D eigenvalue weighted by Crippen LogP contribution is -2.40. The third kappa shape index (κ3) is 3.59. The van der Waals surface area contributed by atoms with E-state index in [4.69, 9.17) is 9.84 Å². The Kier molecular flexibility index (Phi) is 5.57. The first-order chi connectivity index (χ1) is 9.65. The molecule has 112 valence electrons. The van der Waals surface area contributed by atoms with Crippen molar-refractivity contribution in [2.45, 2.75) is 39.2 Å². The summed E-state index contributed by atoms with van der Waals surface area (Å²) in [7, 11) is 0. The lowest BCUT2D eigenvalue weighted by atomic mass is 10.1. The summed E-state index contributed by atoms with van der Waals surface area (Å²) >= 11 is 1.62. The maximum absolute atomic E-state index is 12.5. The van der Waals surface area contributed by atoms with E-state index < -0.39 is 0 Å². The maximum atomic E-state index is 12.5. The van der Waals surface area contributed by atoms with Gasteiger partial charge in [0.05, 0.1) is 24.2 Å². The van der Waals surface area contributed by atoms with Crippen molar-refractivity contribution in [1.82, 2.24) is 4.90 Å². The molecule has 1 aliphatic rings. The summed E-state index contributed by atoms with van der Waals surface area (Å²) in [6.07, 6.45) is 2.89. The first kappa shape index (κ1) is 15.5. The number of piperidine rings is 1. The van der Waals surface area contributed by atoms with E-state index in [0.29, 0.717) is 6.61 Å². The van der Waals surface area contributed by atoms with Crippen LogP contribution in [0.25, 0.3) is 0 Å². The zero-order chi connectivity index (χ0) is 14.5. The molecule has 1 aromatic heterocycles. The zero-order valence-corrected chi connectivity index (χ0v) is 13.0. The predicted molar refractivity (Wildman–Crippen MR) is 80.4 cm³/mol. The van der Waals surface area contributed by atoms with Crippen LogP contribution in [0.15, 0.2) is 6.07 Å². The van der Waals surface area contributed by atoms with Gasteiger partial charge in [0.25, 0.3) is 5.91 Å². The number of aliphatic hydroxyl groups is 1. The Bertz CT molecular complexity index is 450. The van der Waals surface area contributed by atoms with E-state index in [1.54, 1.807) is 11.3 Å². The number of nitrogens with zero attached hydrogens (tertiary/aromatic N) is 1. The predicted octanol–water partition coefficient (Wildman–Crippen LogP) is 2.23. The lowest BCUT2D eigenvalue weighted by Gasteiger charge is -2.31. The molecule has 0 spiro atoms. The van der Waals surface area contributed by atoms with E-state index in [-0.39, 0.29) is 18.6 Å². The van der Waals surface area contributed by atoms with Gasteiger partial charge in [-0.1, -0.05) is 6.92 Å². The highest BCUT2D eigenvalue weighted by Crippen LogP contribution is 2.25. The van der Waals surface area contributed by atoms with Crippen molar-refractivity contribution in [2.24, 2.45) is 0 Å². The van der Waals surface area contributed by atoms with Crippen LogP contribution in [0.4, 0.5) is 0 Å². The van der Waals surface area contributed by atoms with Gasteiger partial charge in [0, 0.05) is 18.0 Å². The minimum absolute atomic E-state index is 0.0629. The summed E-state index contributed by atoms with van der Waals surface area (Å²) in [5, 5.41) is 8.75. The molecule has 0 aromatic carbocycles. The zero-order valence-electron chi connectivity index (χ0n) is 12.2. The Hall–Kier alpha value is -0.910. The average Bonchev–Trinajstić information content (AvgIpc) is 2.86. The highest BCUT2D eigenvalue weighted by Gasteiger charge is 2.25. The molecule has 4 nitrogen and oxygen atoms in total. The summed E-state index contributed by atoms with van der Waals surface area (Å²) in [5.41, 5.74) is 1.22. The van der Waals surface area contributed by atoms with Crippen molar-refractivity contribution < 1.29 is 14.6 Å². The molecule has 1 amide bonds. The second-order valence-corrected chi connectivity index (χ2v) is 6.29. The lowest BCUT2D eigenvalue weighted by molar-refractivity contribution is -0.00545. The molecule has 0 aliphatic carbocycles. The number of aryl methyl sites for hydroxylation is 2. The number of carbonyl (C=O) groups is 1. The minimum atomic E-state index is 0.0629. The number of carbonyl (C=O) groups excluding carboxylic acids is 1. The standard InChI is InChI=1S/C15H23NO3S/c1-3-13-11(2)10-14(20-13)15(18)16-6-4-12(5-7-16)19-9-8-17/h10,12,17H,3-9H2,1-2H3. The molecule has 0 atom stereocenters. The Labute approximate surface area is 124 Å². The Morgan fingerprint density at radius 3 is 2.75 bits per heavy atom. The van der Waals surface area contributed by atoms with E-state index in [0.717, 1.165) is 37.2 Å². The fraction of sp³-hybridized carbons (Fsp3) is 0.667. The Morgan fingerprint density at radius 2 is 2.20 bits per heavy atom. The van der Waals surface area contributed by atoms with Crippen LogP contribution in [0.3, 0.4) is 0 Å². The molecule has 0 saturated carbocycles. The normalized spacial score (nSPS) is 16.6. The molecular formula is C15H23NO3S. The van der Waals surface area contributed by atoms with Gasteiger partial charge >= 0.3 is 0 Å². The highest BCUT2D eigenvalue weighted by atomic mass is 32.1. The molecule has 5 heteroatoms. The molecule has 1 saturated heterocycles. The topological polar surface area (TPSA) is 49.8 Å². The SMILES string of the molecule is CCc1sc(C(=O)N2CCC(OCCO)CC2)cc1C. The smallest absolute Gasteiger partial charge is 0.263 e. The van der Waals surface area contributed by atoms with E-state index in [9.17, 15) is 4.79 Å². The number of ether oxygens (including phenoxy) is 1. The summed E-state index contributed by atoms with van der Waals surface area (Å²) in [4.78, 5) is 16.5. The van der Waals surface area contributed by atoms with Crippen LogP contribution in [-0.2, 0) is 11.2 Å². The van der Waals surface area contributed by atoms with Crippen LogP contribution in [0, 0.1) is 6.92 Å². The van der Waals surface area contributed by atoms with Crippen molar-refractivity contribution in [3.8, 4) is 0 Å². The number of likely N-dealkylation sites (tertiary alicyclic amines) is 1. The molecule has 1 fully saturated rings. The van der Waals surface area contributed by atoms with Gasteiger partial charge in [0.2, 0.25) is 0 Å². The molecular weight excluding hydrogens is 274 g/mol. The molecule has 0 unspecified atom stereocenters. The number of hydrogen-bond donors (Lipinski definition) is 1. The van der Waals surface area contributed by atoms with E-state index >= 15 is 0 Å². The third-order valence-corrected chi connectivity index (χ3v) is 5.10. The van der Waals surface area contributed by atoms with Crippen LogP contribution in [0.2, 0.25) is 0 Å². The first-order valence-electron chi connectivity index (χ1n) is 7.26. The fourth-order valence-corrected chi connectivity index (χ4v) is 3.66. The van der Waals surface area contributed by atoms with Crippen LogP contribution < -0.4 is 0 Å². The molecule has 2 heterocycles. The first-order valence-corrected chi connectivity index (χ1v) is 8.08. The number of aliphatic hydroxyl groups excluding tert-OH is 1. The molecule has 0 radical (unpaired) electrons. The van der Waals surface area contributed by atoms with Gasteiger partial charge < -0.3 is 14.7 Å². The minimum Gasteiger partial charge on any atom is -0.394 e. The summed E-state index contributed by atoms with van der Waals surface area (Å²) < 4.78 is 5.52. The quantitative estimate of drug-likeness (QED) is 0.906. The second-order valence-electron chi connectivity index (χ2n) is 5.16. The second kappa shape index (κ2) is 7.20. The number of amides is 1. The molecule has 0 bridgehead atoms. The van der Waals surface area contributed by atoms with Crippen LogP contribution in [0.1, 0.15) is 39.9 Å². The molecule has 1 aromatic rings. The number of thiophene rings is 1. The molecule has 2 rings (SSSR count). The summed E-state index contributed by atoms with van der Waals surface area (Å²) in [6.45, 7) is 6.13. The monoisotopic (exact) mass is 297 g/mol. The fourth-order valence-electron chi connectivity index (χ4n) is 2.58. The molecule has 1 aliphatic heterocycles. The number of hydrogen-bond acceptors (Lipinski definition) is 4.